The predicted octanol–water partition coefficient (Wildman–Crippen LogP) is 1.30. The van der Waals surface area contributed by atoms with Gasteiger partial charge in [0.2, 0.25) is 10.0 Å². The van der Waals surface area contributed by atoms with E-state index in [1.165, 1.54) is 24.3 Å². The smallest absolute Gasteiger partial charge is 0.269 e. The van der Waals surface area contributed by atoms with E-state index in [1.54, 1.807) is 16.9 Å². The van der Waals surface area contributed by atoms with Gasteiger partial charge in [-0.25, -0.2) is 13.1 Å². The van der Waals surface area contributed by atoms with Gasteiger partial charge in [-0.1, -0.05) is 12.1 Å². The molecule has 0 aliphatic carbocycles. The number of nitrogens with one attached hydrogen (secondary N) is 1. The van der Waals surface area contributed by atoms with Crippen molar-refractivity contribution in [3.63, 3.8) is 0 Å². The number of nitrogens with zero attached hydrogens (tertiary/aromatic N) is 3. The molecular weight excluding hydrogens is 308 g/mol. The van der Waals surface area contributed by atoms with Crippen molar-refractivity contribution in [2.45, 2.75) is 18.7 Å². The first-order valence-corrected chi connectivity index (χ1v) is 8.29. The molecule has 1 aromatic heterocycles. The van der Waals surface area contributed by atoms with Crippen molar-refractivity contribution in [1.82, 2.24) is 14.5 Å². The highest BCUT2D eigenvalue weighted by atomic mass is 32.2. The fourth-order valence-corrected chi connectivity index (χ4v) is 3.07. The first kappa shape index (κ1) is 16.1. The highest BCUT2D eigenvalue weighted by molar-refractivity contribution is 7.88. The van der Waals surface area contributed by atoms with Gasteiger partial charge in [0.25, 0.3) is 5.69 Å². The Morgan fingerprint density at radius 1 is 1.27 bits per heavy atom. The van der Waals surface area contributed by atoms with Crippen LogP contribution in [0, 0.1) is 10.1 Å². The summed E-state index contributed by atoms with van der Waals surface area (Å²) in [6.45, 7) is 0.947. The minimum Gasteiger partial charge on any atom is -0.273 e. The molecule has 0 amide bonds. The van der Waals surface area contributed by atoms with Gasteiger partial charge in [0.05, 0.1) is 10.7 Å². The minimum absolute atomic E-state index is 0.0617. The maximum atomic E-state index is 11.9. The maximum Gasteiger partial charge on any atom is 0.269 e. The summed E-state index contributed by atoms with van der Waals surface area (Å²) >= 11 is 0. The number of rotatable bonds is 8. The van der Waals surface area contributed by atoms with E-state index in [9.17, 15) is 18.5 Å². The van der Waals surface area contributed by atoms with Gasteiger partial charge < -0.3 is 0 Å². The average molecular weight is 324 g/mol. The van der Waals surface area contributed by atoms with Crippen LogP contribution >= 0.6 is 0 Å². The van der Waals surface area contributed by atoms with Gasteiger partial charge in [0.15, 0.2) is 0 Å². The van der Waals surface area contributed by atoms with Crippen LogP contribution in [0.2, 0.25) is 0 Å². The third-order valence-corrected chi connectivity index (χ3v) is 4.31. The monoisotopic (exact) mass is 324 g/mol. The van der Waals surface area contributed by atoms with E-state index in [1.807, 2.05) is 6.20 Å². The number of hydrogen-bond donors (Lipinski definition) is 1. The number of benzene rings is 1. The molecule has 0 atom stereocenters. The summed E-state index contributed by atoms with van der Waals surface area (Å²) in [5, 5.41) is 14.6. The zero-order valence-electron chi connectivity index (χ0n) is 11.8. The lowest BCUT2D eigenvalue weighted by Gasteiger charge is -2.07. The van der Waals surface area contributed by atoms with E-state index in [0.29, 0.717) is 25.1 Å². The summed E-state index contributed by atoms with van der Waals surface area (Å²) in [7, 11) is -3.46. The molecule has 0 saturated heterocycles. The topological polar surface area (TPSA) is 107 Å². The Morgan fingerprint density at radius 3 is 2.59 bits per heavy atom. The number of nitro benzene ring substituents is 1. The van der Waals surface area contributed by atoms with Gasteiger partial charge in [-0.05, 0) is 18.1 Å². The molecule has 1 N–H and O–H groups in total. The van der Waals surface area contributed by atoms with Crippen molar-refractivity contribution in [2.24, 2.45) is 0 Å². The van der Waals surface area contributed by atoms with Crippen LogP contribution in [-0.2, 0) is 22.3 Å². The number of sulfonamides is 1. The summed E-state index contributed by atoms with van der Waals surface area (Å²) in [5.41, 5.74) is 0.443. The summed E-state index contributed by atoms with van der Waals surface area (Å²) in [6.07, 6.45) is 4.10. The molecule has 118 valence electrons. The molecule has 22 heavy (non-hydrogen) atoms. The second kappa shape index (κ2) is 7.14. The van der Waals surface area contributed by atoms with Crippen LogP contribution < -0.4 is 4.72 Å². The van der Waals surface area contributed by atoms with Crippen molar-refractivity contribution in [3.8, 4) is 0 Å². The van der Waals surface area contributed by atoms with Crippen LogP contribution in [0.15, 0.2) is 42.7 Å². The molecule has 0 bridgehead atoms. The lowest BCUT2D eigenvalue weighted by molar-refractivity contribution is -0.384. The van der Waals surface area contributed by atoms with Gasteiger partial charge in [-0.3, -0.25) is 14.8 Å². The quantitative estimate of drug-likeness (QED) is 0.447. The van der Waals surface area contributed by atoms with E-state index in [0.717, 1.165) is 0 Å². The lowest BCUT2D eigenvalue weighted by Crippen LogP contribution is -2.26. The highest BCUT2D eigenvalue weighted by Gasteiger charge is 2.12. The Hall–Kier alpha value is -2.26. The molecule has 0 saturated carbocycles. The van der Waals surface area contributed by atoms with Crippen molar-refractivity contribution in [1.29, 1.82) is 0 Å². The SMILES string of the molecule is O=[N+]([O-])c1ccc(CS(=O)(=O)NCCCn2cccn2)cc1. The number of aryl methyl sites for hydroxylation is 1. The first-order chi connectivity index (χ1) is 10.5. The number of aromatic nitrogens is 2. The van der Waals surface area contributed by atoms with E-state index < -0.39 is 14.9 Å². The summed E-state index contributed by atoms with van der Waals surface area (Å²) in [6, 6.07) is 7.28. The predicted molar refractivity (Wildman–Crippen MR) is 80.6 cm³/mol. The minimum atomic E-state index is -3.46. The molecular formula is C13H16N4O4S. The standard InChI is InChI=1S/C13H16N4O4S/c18-17(19)13-5-3-12(4-6-13)11-22(20,21)15-8-2-10-16-9-1-7-14-16/h1,3-7,9,15H,2,8,10-11H2. The van der Waals surface area contributed by atoms with Crippen LogP contribution in [0.5, 0.6) is 0 Å². The van der Waals surface area contributed by atoms with Gasteiger partial charge in [-0.15, -0.1) is 0 Å². The largest absolute Gasteiger partial charge is 0.273 e. The van der Waals surface area contributed by atoms with Crippen molar-refractivity contribution < 1.29 is 13.3 Å². The van der Waals surface area contributed by atoms with E-state index in [-0.39, 0.29) is 11.4 Å². The molecule has 2 aromatic rings. The van der Waals surface area contributed by atoms with E-state index in [4.69, 9.17) is 0 Å². The van der Waals surface area contributed by atoms with Crippen molar-refractivity contribution in [3.05, 3.63) is 58.4 Å². The molecule has 0 aliphatic heterocycles. The second-order valence-corrected chi connectivity index (χ2v) is 6.51. The Labute approximate surface area is 128 Å². The molecule has 8 nitrogen and oxygen atoms in total. The van der Waals surface area contributed by atoms with Crippen LogP contribution in [0.4, 0.5) is 5.69 Å². The van der Waals surface area contributed by atoms with Crippen molar-refractivity contribution >= 4 is 15.7 Å². The van der Waals surface area contributed by atoms with Crippen LogP contribution in [0.25, 0.3) is 0 Å². The third-order valence-electron chi connectivity index (χ3n) is 2.95. The molecule has 9 heteroatoms. The molecule has 2 rings (SSSR count). The van der Waals surface area contributed by atoms with Gasteiger partial charge in [0.1, 0.15) is 0 Å². The summed E-state index contributed by atoms with van der Waals surface area (Å²) in [4.78, 5) is 10.0. The van der Waals surface area contributed by atoms with E-state index in [2.05, 4.69) is 9.82 Å². The van der Waals surface area contributed by atoms with Crippen LogP contribution in [0.3, 0.4) is 0 Å². The molecule has 0 radical (unpaired) electrons. The van der Waals surface area contributed by atoms with Gasteiger partial charge >= 0.3 is 0 Å². The Kier molecular flexibility index (Phi) is 5.23. The normalized spacial score (nSPS) is 11.5. The molecule has 0 unspecified atom stereocenters. The average Bonchev–Trinajstić information content (AvgIpc) is 2.97. The Morgan fingerprint density at radius 2 is 2.00 bits per heavy atom. The summed E-state index contributed by atoms with van der Waals surface area (Å²) in [5.74, 6) is -0.202. The molecule has 0 aliphatic rings. The zero-order valence-corrected chi connectivity index (χ0v) is 12.6. The first-order valence-electron chi connectivity index (χ1n) is 6.64. The lowest BCUT2D eigenvalue weighted by atomic mass is 10.2. The number of non-ortho nitro benzene ring substituents is 1. The van der Waals surface area contributed by atoms with Crippen LogP contribution in [0.1, 0.15) is 12.0 Å². The Bertz CT molecular complexity index is 711. The van der Waals surface area contributed by atoms with E-state index >= 15 is 0 Å². The fourth-order valence-electron chi connectivity index (χ4n) is 1.89. The number of nitro groups is 1. The third kappa shape index (κ3) is 4.93. The van der Waals surface area contributed by atoms with Crippen LogP contribution in [-0.4, -0.2) is 29.7 Å². The summed E-state index contributed by atoms with van der Waals surface area (Å²) < 4.78 is 28.1. The van der Waals surface area contributed by atoms with Crippen molar-refractivity contribution in [2.75, 3.05) is 6.54 Å². The fraction of sp³-hybridized carbons (Fsp3) is 0.308. The Balaban J connectivity index is 1.81. The molecule has 1 aromatic carbocycles. The number of hydrogen-bond acceptors (Lipinski definition) is 5. The second-order valence-electron chi connectivity index (χ2n) is 4.70. The molecule has 1 heterocycles. The highest BCUT2D eigenvalue weighted by Crippen LogP contribution is 2.13. The molecule has 0 fully saturated rings. The van der Waals surface area contributed by atoms with Gasteiger partial charge in [-0.2, -0.15) is 5.10 Å². The zero-order chi connectivity index (χ0) is 16.0. The molecule has 0 spiro atoms. The van der Waals surface area contributed by atoms with Gasteiger partial charge in [0, 0.05) is 37.6 Å². The maximum absolute atomic E-state index is 11.9.